The molecule has 100 valence electrons. The SMILES string of the molecule is COc1cccc(N(C)Cc2ccc(N)cc2Br)c1. The Hall–Kier alpha value is -1.68. The fraction of sp³-hybridized carbons (Fsp3) is 0.200. The van der Waals surface area contributed by atoms with E-state index in [0.717, 1.165) is 28.1 Å². The number of rotatable bonds is 4. The second-order valence-electron chi connectivity index (χ2n) is 4.41. The summed E-state index contributed by atoms with van der Waals surface area (Å²) >= 11 is 3.54. The van der Waals surface area contributed by atoms with Crippen molar-refractivity contribution in [2.75, 3.05) is 24.8 Å². The summed E-state index contributed by atoms with van der Waals surface area (Å²) < 4.78 is 6.27. The van der Waals surface area contributed by atoms with E-state index in [1.54, 1.807) is 7.11 Å². The highest BCUT2D eigenvalue weighted by molar-refractivity contribution is 9.10. The molecule has 0 amide bonds. The molecule has 0 unspecified atom stereocenters. The fourth-order valence-corrected chi connectivity index (χ4v) is 2.41. The average Bonchev–Trinajstić information content (AvgIpc) is 2.42. The molecule has 2 rings (SSSR count). The van der Waals surface area contributed by atoms with Gasteiger partial charge in [0.05, 0.1) is 7.11 Å². The van der Waals surface area contributed by atoms with E-state index < -0.39 is 0 Å². The van der Waals surface area contributed by atoms with Gasteiger partial charge in [0.1, 0.15) is 5.75 Å². The number of nitrogens with two attached hydrogens (primary N) is 1. The van der Waals surface area contributed by atoms with Crippen molar-refractivity contribution in [2.45, 2.75) is 6.54 Å². The van der Waals surface area contributed by atoms with E-state index in [-0.39, 0.29) is 0 Å². The van der Waals surface area contributed by atoms with Crippen molar-refractivity contribution >= 4 is 27.3 Å². The van der Waals surface area contributed by atoms with E-state index in [0.29, 0.717) is 0 Å². The minimum Gasteiger partial charge on any atom is -0.497 e. The summed E-state index contributed by atoms with van der Waals surface area (Å²) in [4.78, 5) is 2.17. The van der Waals surface area contributed by atoms with Crippen molar-refractivity contribution in [3.8, 4) is 5.75 Å². The molecule has 4 heteroatoms. The molecule has 2 N–H and O–H groups in total. The van der Waals surface area contributed by atoms with Gasteiger partial charge in [-0.05, 0) is 29.8 Å². The Morgan fingerprint density at radius 2 is 2.00 bits per heavy atom. The normalized spacial score (nSPS) is 10.3. The van der Waals surface area contributed by atoms with Crippen LogP contribution in [0.2, 0.25) is 0 Å². The molecule has 3 nitrogen and oxygen atoms in total. The number of nitrogens with zero attached hydrogens (tertiary/aromatic N) is 1. The Kier molecular flexibility index (Phi) is 4.32. The molecular formula is C15H17BrN2O. The first-order valence-electron chi connectivity index (χ1n) is 5.99. The molecule has 19 heavy (non-hydrogen) atoms. The molecule has 0 heterocycles. The number of hydrogen-bond acceptors (Lipinski definition) is 3. The van der Waals surface area contributed by atoms with Gasteiger partial charge in [-0.15, -0.1) is 0 Å². The zero-order valence-electron chi connectivity index (χ0n) is 11.1. The highest BCUT2D eigenvalue weighted by Crippen LogP contribution is 2.25. The van der Waals surface area contributed by atoms with Gasteiger partial charge in [-0.2, -0.15) is 0 Å². The number of anilines is 2. The monoisotopic (exact) mass is 320 g/mol. The summed E-state index contributed by atoms with van der Waals surface area (Å²) in [5.74, 6) is 0.862. The molecule has 0 bridgehead atoms. The molecule has 0 aromatic heterocycles. The fourth-order valence-electron chi connectivity index (χ4n) is 1.89. The van der Waals surface area contributed by atoms with Crippen LogP contribution in [0.15, 0.2) is 46.9 Å². The van der Waals surface area contributed by atoms with Crippen LogP contribution in [0.5, 0.6) is 5.75 Å². The minimum absolute atomic E-state index is 0.764. The number of ether oxygens (including phenoxy) is 1. The molecular weight excluding hydrogens is 304 g/mol. The summed E-state index contributed by atoms with van der Waals surface area (Å²) in [6.07, 6.45) is 0. The Bertz CT molecular complexity index is 572. The highest BCUT2D eigenvalue weighted by Gasteiger charge is 2.06. The Morgan fingerprint density at radius 1 is 1.21 bits per heavy atom. The molecule has 0 aliphatic rings. The van der Waals surface area contributed by atoms with E-state index in [4.69, 9.17) is 10.5 Å². The third-order valence-corrected chi connectivity index (χ3v) is 3.72. The highest BCUT2D eigenvalue weighted by atomic mass is 79.9. The van der Waals surface area contributed by atoms with E-state index in [2.05, 4.69) is 33.9 Å². The van der Waals surface area contributed by atoms with Crippen molar-refractivity contribution in [1.82, 2.24) is 0 Å². The number of methoxy groups -OCH3 is 1. The lowest BCUT2D eigenvalue weighted by Gasteiger charge is -2.20. The summed E-state index contributed by atoms with van der Waals surface area (Å²) in [5, 5.41) is 0. The number of nitrogen functional groups attached to an aromatic ring is 1. The first-order valence-corrected chi connectivity index (χ1v) is 6.78. The van der Waals surface area contributed by atoms with Gasteiger partial charge in [-0.3, -0.25) is 0 Å². The number of benzene rings is 2. The number of hydrogen-bond donors (Lipinski definition) is 1. The Balaban J connectivity index is 2.17. The zero-order valence-corrected chi connectivity index (χ0v) is 12.6. The maximum absolute atomic E-state index is 5.75. The summed E-state index contributed by atoms with van der Waals surface area (Å²) in [5.41, 5.74) is 8.82. The molecule has 0 aliphatic heterocycles. The molecule has 0 atom stereocenters. The van der Waals surface area contributed by atoms with Crippen LogP contribution in [-0.2, 0) is 6.54 Å². The lowest BCUT2D eigenvalue weighted by Crippen LogP contribution is -2.16. The van der Waals surface area contributed by atoms with Crippen molar-refractivity contribution in [2.24, 2.45) is 0 Å². The quantitative estimate of drug-likeness (QED) is 0.873. The van der Waals surface area contributed by atoms with Crippen molar-refractivity contribution in [1.29, 1.82) is 0 Å². The van der Waals surface area contributed by atoms with Crippen LogP contribution in [0.25, 0.3) is 0 Å². The van der Waals surface area contributed by atoms with Gasteiger partial charge in [0, 0.05) is 35.5 Å². The van der Waals surface area contributed by atoms with E-state index in [9.17, 15) is 0 Å². The minimum atomic E-state index is 0.764. The van der Waals surface area contributed by atoms with Gasteiger partial charge in [0.15, 0.2) is 0 Å². The van der Waals surface area contributed by atoms with E-state index in [1.165, 1.54) is 5.56 Å². The molecule has 0 saturated heterocycles. The van der Waals surface area contributed by atoms with Crippen LogP contribution >= 0.6 is 15.9 Å². The Morgan fingerprint density at radius 3 is 2.68 bits per heavy atom. The lowest BCUT2D eigenvalue weighted by atomic mass is 10.2. The van der Waals surface area contributed by atoms with Crippen LogP contribution in [-0.4, -0.2) is 14.2 Å². The van der Waals surface area contributed by atoms with Crippen LogP contribution in [0.3, 0.4) is 0 Å². The topological polar surface area (TPSA) is 38.5 Å². The van der Waals surface area contributed by atoms with Crippen LogP contribution < -0.4 is 15.4 Å². The second-order valence-corrected chi connectivity index (χ2v) is 5.26. The van der Waals surface area contributed by atoms with Gasteiger partial charge in [-0.25, -0.2) is 0 Å². The standard InChI is InChI=1S/C15H17BrN2O/c1-18(13-4-3-5-14(9-13)19-2)10-11-6-7-12(17)8-15(11)16/h3-9H,10,17H2,1-2H3. The van der Waals surface area contributed by atoms with Crippen LogP contribution in [0, 0.1) is 0 Å². The smallest absolute Gasteiger partial charge is 0.120 e. The molecule has 0 saturated carbocycles. The first kappa shape index (κ1) is 13.7. The molecule has 0 radical (unpaired) electrons. The molecule has 2 aromatic rings. The zero-order chi connectivity index (χ0) is 13.8. The maximum atomic E-state index is 5.75. The summed E-state index contributed by atoms with van der Waals surface area (Å²) in [7, 11) is 3.73. The van der Waals surface area contributed by atoms with Crippen molar-refractivity contribution in [3.05, 3.63) is 52.5 Å². The van der Waals surface area contributed by atoms with Gasteiger partial charge < -0.3 is 15.4 Å². The summed E-state index contributed by atoms with van der Waals surface area (Å²) in [6.45, 7) is 0.800. The maximum Gasteiger partial charge on any atom is 0.120 e. The molecule has 0 spiro atoms. The Labute approximate surface area is 122 Å². The van der Waals surface area contributed by atoms with Crippen molar-refractivity contribution in [3.63, 3.8) is 0 Å². The third-order valence-electron chi connectivity index (χ3n) is 2.98. The molecule has 0 aliphatic carbocycles. The van der Waals surface area contributed by atoms with Gasteiger partial charge in [-0.1, -0.05) is 28.1 Å². The van der Waals surface area contributed by atoms with Crippen LogP contribution in [0.4, 0.5) is 11.4 Å². The lowest BCUT2D eigenvalue weighted by molar-refractivity contribution is 0.415. The van der Waals surface area contributed by atoms with E-state index in [1.807, 2.05) is 36.4 Å². The van der Waals surface area contributed by atoms with Gasteiger partial charge >= 0.3 is 0 Å². The second kappa shape index (κ2) is 5.97. The molecule has 2 aromatic carbocycles. The van der Waals surface area contributed by atoms with Crippen molar-refractivity contribution < 1.29 is 4.74 Å². The molecule has 0 fully saturated rings. The number of halogens is 1. The predicted molar refractivity (Wildman–Crippen MR) is 83.7 cm³/mol. The van der Waals surface area contributed by atoms with E-state index >= 15 is 0 Å². The van der Waals surface area contributed by atoms with Gasteiger partial charge in [0.25, 0.3) is 0 Å². The largest absolute Gasteiger partial charge is 0.497 e. The van der Waals surface area contributed by atoms with Crippen LogP contribution in [0.1, 0.15) is 5.56 Å². The average molecular weight is 321 g/mol. The third kappa shape index (κ3) is 3.41. The van der Waals surface area contributed by atoms with Gasteiger partial charge in [0.2, 0.25) is 0 Å². The summed E-state index contributed by atoms with van der Waals surface area (Å²) in [6, 6.07) is 13.9. The predicted octanol–water partition coefficient (Wildman–Crippen LogP) is 3.68. The first-order chi connectivity index (χ1) is 9.10.